The average Bonchev–Trinajstić information content (AvgIpc) is 3.27. The highest BCUT2D eigenvalue weighted by atomic mass is 16.7. The molecule has 1 unspecified atom stereocenters. The normalized spacial score (nSPS) is 16.9. The first-order chi connectivity index (χ1) is 15.8. The molecule has 0 saturated carbocycles. The smallest absolute Gasteiger partial charge is 0.146 e. The molecule has 0 amide bonds. The number of hydrogen-bond acceptors (Lipinski definition) is 6. The number of methoxy groups -OCH3 is 1. The summed E-state index contributed by atoms with van der Waals surface area (Å²) in [4.78, 5) is 6.67. The highest BCUT2D eigenvalue weighted by Gasteiger charge is 2.25. The number of rotatable bonds is 8. The van der Waals surface area contributed by atoms with Crippen molar-refractivity contribution in [2.75, 3.05) is 43.8 Å². The van der Waals surface area contributed by atoms with Crippen molar-refractivity contribution in [2.45, 2.75) is 25.4 Å². The summed E-state index contributed by atoms with van der Waals surface area (Å²) in [5, 5.41) is 3.58. The summed E-state index contributed by atoms with van der Waals surface area (Å²) in [6.45, 7) is 3.34. The van der Waals surface area contributed by atoms with Gasteiger partial charge in [-0.2, -0.15) is 0 Å². The van der Waals surface area contributed by atoms with Crippen LogP contribution in [0.2, 0.25) is 0 Å². The van der Waals surface area contributed by atoms with Crippen molar-refractivity contribution >= 4 is 17.1 Å². The van der Waals surface area contributed by atoms with Crippen LogP contribution in [0.1, 0.15) is 29.0 Å². The molecule has 0 saturated heterocycles. The van der Waals surface area contributed by atoms with Crippen molar-refractivity contribution in [1.82, 2.24) is 4.98 Å². The monoisotopic (exact) mass is 431 g/mol. The van der Waals surface area contributed by atoms with E-state index in [-0.39, 0.29) is 6.79 Å². The number of benzene rings is 2. The highest BCUT2D eigenvalue weighted by molar-refractivity contribution is 5.71. The van der Waals surface area contributed by atoms with Gasteiger partial charge in [0.15, 0.2) is 0 Å². The molecule has 2 aliphatic rings. The molecule has 3 aromatic rings. The van der Waals surface area contributed by atoms with Crippen LogP contribution in [0, 0.1) is 0 Å². The van der Waals surface area contributed by atoms with Crippen molar-refractivity contribution in [1.29, 1.82) is 0 Å². The molecule has 0 aliphatic carbocycles. The zero-order chi connectivity index (χ0) is 21.8. The second kappa shape index (κ2) is 9.59. The summed E-state index contributed by atoms with van der Waals surface area (Å²) in [5.41, 5.74) is 7.26. The van der Waals surface area contributed by atoms with Gasteiger partial charge in [0.1, 0.15) is 12.5 Å². The fourth-order valence-corrected chi connectivity index (χ4v) is 4.61. The average molecular weight is 432 g/mol. The Kier molecular flexibility index (Phi) is 6.23. The summed E-state index contributed by atoms with van der Waals surface area (Å²) >= 11 is 0. The number of nitrogens with zero attached hydrogens (tertiary/aromatic N) is 2. The largest absolute Gasteiger partial charge is 0.493 e. The molecule has 166 valence electrons. The minimum Gasteiger partial charge on any atom is -0.493 e. The van der Waals surface area contributed by atoms with Gasteiger partial charge in [0.05, 0.1) is 25.1 Å². The number of ether oxygens (including phenoxy) is 3. The van der Waals surface area contributed by atoms with Crippen LogP contribution >= 0.6 is 0 Å². The Morgan fingerprint density at radius 2 is 2.12 bits per heavy atom. The molecule has 6 nitrogen and oxygen atoms in total. The topological polar surface area (TPSA) is 55.9 Å². The van der Waals surface area contributed by atoms with Crippen LogP contribution in [0.15, 0.2) is 60.9 Å². The highest BCUT2D eigenvalue weighted by Crippen LogP contribution is 2.40. The number of fused-ring (bicyclic) bond motifs is 2. The number of aromatic nitrogens is 1. The predicted octanol–water partition coefficient (Wildman–Crippen LogP) is 4.87. The molecule has 3 heterocycles. The zero-order valence-electron chi connectivity index (χ0n) is 18.4. The lowest BCUT2D eigenvalue weighted by Gasteiger charge is -2.29. The SMILES string of the molecule is COCOCc1ccncc1NCC1CCOc2cc(N3CCc4ccccc43)ccc21. The van der Waals surface area contributed by atoms with Crippen molar-refractivity contribution in [3.8, 4) is 5.75 Å². The fourth-order valence-electron chi connectivity index (χ4n) is 4.61. The van der Waals surface area contributed by atoms with Gasteiger partial charge < -0.3 is 24.4 Å². The maximum Gasteiger partial charge on any atom is 0.146 e. The lowest BCUT2D eigenvalue weighted by atomic mass is 9.92. The Bertz CT molecular complexity index is 1070. The van der Waals surface area contributed by atoms with Crippen LogP contribution in [-0.2, 0) is 22.5 Å². The van der Waals surface area contributed by atoms with Crippen LogP contribution in [0.5, 0.6) is 5.75 Å². The minimum atomic E-state index is 0.277. The van der Waals surface area contributed by atoms with Crippen molar-refractivity contribution in [3.63, 3.8) is 0 Å². The Morgan fingerprint density at radius 3 is 3.06 bits per heavy atom. The summed E-state index contributed by atoms with van der Waals surface area (Å²) in [7, 11) is 1.63. The number of pyridine rings is 1. The van der Waals surface area contributed by atoms with E-state index >= 15 is 0 Å². The Labute approximate surface area is 189 Å². The molecule has 0 fully saturated rings. The van der Waals surface area contributed by atoms with Crippen molar-refractivity contribution < 1.29 is 14.2 Å². The van der Waals surface area contributed by atoms with Gasteiger partial charge in [0.2, 0.25) is 0 Å². The first kappa shape index (κ1) is 20.8. The second-order valence-corrected chi connectivity index (χ2v) is 8.26. The number of nitrogens with one attached hydrogen (secondary N) is 1. The van der Waals surface area contributed by atoms with Gasteiger partial charge in [-0.15, -0.1) is 0 Å². The van der Waals surface area contributed by atoms with Crippen LogP contribution in [0.4, 0.5) is 17.1 Å². The lowest BCUT2D eigenvalue weighted by molar-refractivity contribution is -0.0389. The third-order valence-corrected chi connectivity index (χ3v) is 6.27. The van der Waals surface area contributed by atoms with Gasteiger partial charge >= 0.3 is 0 Å². The molecule has 2 aromatic carbocycles. The Morgan fingerprint density at radius 1 is 1.19 bits per heavy atom. The van der Waals surface area contributed by atoms with Gasteiger partial charge in [-0.1, -0.05) is 24.3 Å². The maximum absolute atomic E-state index is 6.08. The number of para-hydroxylation sites is 1. The van der Waals surface area contributed by atoms with E-state index in [2.05, 4.69) is 57.7 Å². The molecule has 32 heavy (non-hydrogen) atoms. The van der Waals surface area contributed by atoms with Gasteiger partial charge in [-0.3, -0.25) is 4.98 Å². The molecule has 1 aromatic heterocycles. The van der Waals surface area contributed by atoms with E-state index in [1.807, 2.05) is 12.3 Å². The van der Waals surface area contributed by atoms with Crippen LogP contribution in [0.3, 0.4) is 0 Å². The fraction of sp³-hybridized carbons (Fsp3) is 0.346. The summed E-state index contributed by atoms with van der Waals surface area (Å²) in [6, 6.07) is 17.3. The molecule has 0 bridgehead atoms. The molecule has 5 rings (SSSR count). The molecule has 2 aliphatic heterocycles. The Balaban J connectivity index is 1.30. The summed E-state index contributed by atoms with van der Waals surface area (Å²) in [6.07, 6.45) is 5.72. The molecule has 1 atom stereocenters. The third kappa shape index (κ3) is 4.29. The summed E-state index contributed by atoms with van der Waals surface area (Å²) in [5.74, 6) is 1.38. The van der Waals surface area contributed by atoms with Crippen LogP contribution < -0.4 is 15.0 Å². The van der Waals surface area contributed by atoms with Crippen LogP contribution in [0.25, 0.3) is 0 Å². The molecule has 6 heteroatoms. The van der Waals surface area contributed by atoms with Gasteiger partial charge in [-0.05, 0) is 42.2 Å². The maximum atomic E-state index is 6.08. The van der Waals surface area contributed by atoms with Crippen molar-refractivity contribution in [3.05, 3.63) is 77.6 Å². The molecule has 0 spiro atoms. The second-order valence-electron chi connectivity index (χ2n) is 8.26. The molecule has 0 radical (unpaired) electrons. The molecule has 1 N–H and O–H groups in total. The summed E-state index contributed by atoms with van der Waals surface area (Å²) < 4.78 is 16.6. The van der Waals surface area contributed by atoms with Crippen LogP contribution in [-0.4, -0.2) is 38.6 Å². The number of hydrogen-bond donors (Lipinski definition) is 1. The van der Waals surface area contributed by atoms with E-state index in [9.17, 15) is 0 Å². The van der Waals surface area contributed by atoms with Gasteiger partial charge in [-0.25, -0.2) is 0 Å². The van der Waals surface area contributed by atoms with E-state index in [4.69, 9.17) is 14.2 Å². The first-order valence-corrected chi connectivity index (χ1v) is 11.2. The molecular formula is C26H29N3O3. The van der Waals surface area contributed by atoms with E-state index < -0.39 is 0 Å². The predicted molar refractivity (Wildman–Crippen MR) is 126 cm³/mol. The van der Waals surface area contributed by atoms with Gasteiger partial charge in [0.25, 0.3) is 0 Å². The third-order valence-electron chi connectivity index (χ3n) is 6.27. The quantitative estimate of drug-likeness (QED) is 0.405. The standard InChI is InChI=1S/C26H29N3O3/c1-30-18-31-17-21-8-11-27-16-24(21)28-15-20-10-13-32-26-14-22(6-7-23(20)26)29-12-9-19-4-2-3-5-25(19)29/h2-8,11,14,16,20,28H,9-10,12-13,15,17-18H2,1H3. The lowest BCUT2D eigenvalue weighted by Crippen LogP contribution is -2.22. The number of anilines is 3. The minimum absolute atomic E-state index is 0.277. The van der Waals surface area contributed by atoms with E-state index in [1.165, 1.54) is 22.5 Å². The van der Waals surface area contributed by atoms with E-state index in [1.54, 1.807) is 13.3 Å². The van der Waals surface area contributed by atoms with E-state index in [0.29, 0.717) is 12.5 Å². The Hall–Kier alpha value is -3.09. The van der Waals surface area contributed by atoms with Gasteiger partial charge in [0, 0.05) is 55.3 Å². The first-order valence-electron chi connectivity index (χ1n) is 11.2. The van der Waals surface area contributed by atoms with Crippen molar-refractivity contribution in [2.24, 2.45) is 0 Å². The van der Waals surface area contributed by atoms with E-state index in [0.717, 1.165) is 49.5 Å². The zero-order valence-corrected chi connectivity index (χ0v) is 18.4. The molecular weight excluding hydrogens is 402 g/mol.